The molecular weight excluding hydrogens is 903 g/mol. The summed E-state index contributed by atoms with van der Waals surface area (Å²) in [4.78, 5) is 52.2. The Morgan fingerprint density at radius 3 is 1.52 bits per heavy atom. The Morgan fingerprint density at radius 1 is 0.682 bits per heavy atom. The van der Waals surface area contributed by atoms with Gasteiger partial charge in [-0.15, -0.1) is 10.2 Å². The topological polar surface area (TPSA) is 220 Å². The maximum atomic E-state index is 15.1. The smallest absolute Gasteiger partial charge is 0.790 e. The van der Waals surface area contributed by atoms with Gasteiger partial charge in [-0.3, -0.25) is 9.80 Å². The fraction of sp³-hybridized carbons (Fsp3) is 0.286. The van der Waals surface area contributed by atoms with Gasteiger partial charge in [-0.2, -0.15) is 0 Å². The van der Waals surface area contributed by atoms with Gasteiger partial charge in [-0.25, -0.2) is 27.7 Å². The van der Waals surface area contributed by atoms with E-state index in [1.165, 1.54) is 22.6 Å². The number of ether oxygens (including phenoxy) is 2. The predicted molar refractivity (Wildman–Crippen MR) is 221 cm³/mol. The van der Waals surface area contributed by atoms with Crippen LogP contribution in [-0.4, -0.2) is 85.8 Å². The van der Waals surface area contributed by atoms with Crippen LogP contribution in [0.15, 0.2) is 85.2 Å². The van der Waals surface area contributed by atoms with Crippen molar-refractivity contribution in [2.24, 2.45) is 14.1 Å². The first-order chi connectivity index (χ1) is 30.7. The van der Waals surface area contributed by atoms with Crippen LogP contribution >= 0.6 is 7.82 Å². The zero-order chi connectivity index (χ0) is 44.9. The van der Waals surface area contributed by atoms with Crippen molar-refractivity contribution < 1.29 is 111 Å². The normalized spacial score (nSPS) is 17.4. The maximum absolute atomic E-state index is 15.1. The molecule has 6 aromatic rings. The Bertz CT molecular complexity index is 2830. The van der Waals surface area contributed by atoms with E-state index >= 15 is 4.39 Å². The number of hydrogen-bond donors (Lipinski definition) is 1. The largest absolute Gasteiger partial charge is 1.00 e. The number of hydrogen-bond acceptors (Lipinski definition) is 15. The van der Waals surface area contributed by atoms with Gasteiger partial charge in [-0.05, 0) is 81.9 Å². The number of carbonyl (C=O) groups excluding carboxylic acids is 2. The van der Waals surface area contributed by atoms with E-state index in [9.17, 15) is 33.4 Å². The van der Waals surface area contributed by atoms with E-state index in [4.69, 9.17) is 9.47 Å². The fourth-order valence-electron chi connectivity index (χ4n) is 8.22. The number of carbonyl (C=O) groups is 2. The average molecular weight is 943 g/mol. The van der Waals surface area contributed by atoms with Crippen LogP contribution in [0.4, 0.5) is 41.4 Å². The number of phosphoric ester groups is 1. The number of aliphatic hydroxyl groups excluding tert-OH is 1. The minimum Gasteiger partial charge on any atom is -0.790 e. The van der Waals surface area contributed by atoms with Crippen LogP contribution in [0.3, 0.4) is 0 Å². The number of amides is 2. The van der Waals surface area contributed by atoms with Crippen molar-refractivity contribution in [3.8, 4) is 22.3 Å². The number of aliphatic hydroxyl groups is 1. The Balaban J connectivity index is 0.000000192. The number of aryl methyl sites for hydroxylation is 2. The second-order valence-electron chi connectivity index (χ2n) is 15.6. The van der Waals surface area contributed by atoms with Crippen molar-refractivity contribution >= 4 is 43.0 Å². The molecule has 4 aromatic carbocycles. The molecule has 0 unspecified atom stereocenters. The van der Waals surface area contributed by atoms with Gasteiger partial charge >= 0.3 is 71.3 Å². The summed E-state index contributed by atoms with van der Waals surface area (Å²) in [5.74, 6) is 0.877. The molecule has 66 heavy (non-hydrogen) atoms. The van der Waals surface area contributed by atoms with Gasteiger partial charge in [0.1, 0.15) is 35.5 Å². The maximum Gasteiger partial charge on any atom is 1.00 e. The minimum absolute atomic E-state index is 0. The van der Waals surface area contributed by atoms with Crippen LogP contribution in [0.2, 0.25) is 0 Å². The summed E-state index contributed by atoms with van der Waals surface area (Å²) in [6.45, 7) is 2.08. The Labute approximate surface area is 420 Å². The zero-order valence-corrected chi connectivity index (χ0v) is 41.2. The molecular formula is C42H39F2N10Na2O9P. The van der Waals surface area contributed by atoms with Crippen LogP contribution < -0.4 is 88.5 Å². The van der Waals surface area contributed by atoms with Gasteiger partial charge in [0.2, 0.25) is 0 Å². The summed E-state index contributed by atoms with van der Waals surface area (Å²) in [6.07, 6.45) is 0.523. The molecule has 0 radical (unpaired) electrons. The van der Waals surface area contributed by atoms with Crippen molar-refractivity contribution in [2.45, 2.75) is 38.4 Å². The number of aromatic nitrogens is 6. The monoisotopic (exact) mass is 942 g/mol. The van der Waals surface area contributed by atoms with Gasteiger partial charge in [0.25, 0.3) is 0 Å². The third-order valence-electron chi connectivity index (χ3n) is 11.4. The van der Waals surface area contributed by atoms with Gasteiger partial charge < -0.3 is 43.3 Å². The van der Waals surface area contributed by atoms with Crippen molar-refractivity contribution in [3.63, 3.8) is 0 Å². The zero-order valence-electron chi connectivity index (χ0n) is 36.3. The molecule has 4 aliphatic heterocycles. The summed E-state index contributed by atoms with van der Waals surface area (Å²) >= 11 is 0. The average Bonchev–Trinajstić information content (AvgIpc) is 4.13. The van der Waals surface area contributed by atoms with E-state index in [1.807, 2.05) is 50.5 Å². The number of halogens is 2. The molecule has 2 saturated heterocycles. The third kappa shape index (κ3) is 10.4. The summed E-state index contributed by atoms with van der Waals surface area (Å²) < 4.78 is 58.3. The molecule has 2 aromatic heterocycles. The van der Waals surface area contributed by atoms with Gasteiger partial charge in [0, 0.05) is 51.4 Å². The number of anilines is 4. The number of phosphoric acid groups is 1. The molecule has 19 nitrogen and oxygen atoms in total. The quantitative estimate of drug-likeness (QED) is 0.114. The predicted octanol–water partition coefficient (Wildman–Crippen LogP) is -2.22. The van der Waals surface area contributed by atoms with E-state index in [-0.39, 0.29) is 84.5 Å². The molecule has 2 fully saturated rings. The first-order valence-corrected chi connectivity index (χ1v) is 21.4. The van der Waals surface area contributed by atoms with Gasteiger partial charge in [-0.1, -0.05) is 34.7 Å². The van der Waals surface area contributed by atoms with E-state index in [0.717, 1.165) is 45.3 Å². The van der Waals surface area contributed by atoms with Crippen LogP contribution in [-0.2, 0) is 58.8 Å². The SMILES string of the molecule is Cn1nncc1N1Cc2ccc(-c3ccc(N4C[C@H](CO)OC4=O)cc3F)cc2C1.Cn1nncc1N1Cc2ccc(-c3ccc(N4C[C@H](COP(=O)([O-])[O-])OC4=O)cc3F)cc2C1.[Na+].[Na+]. The van der Waals surface area contributed by atoms with E-state index in [0.29, 0.717) is 42.0 Å². The van der Waals surface area contributed by atoms with Crippen molar-refractivity contribution in [2.75, 3.05) is 45.9 Å². The third-order valence-corrected chi connectivity index (χ3v) is 11.9. The molecule has 2 amide bonds. The Kier molecular flexibility index (Phi) is 15.1. The van der Waals surface area contributed by atoms with Crippen LogP contribution in [0.5, 0.6) is 0 Å². The fourth-order valence-corrected chi connectivity index (χ4v) is 8.57. The second-order valence-corrected chi connectivity index (χ2v) is 16.7. The summed E-state index contributed by atoms with van der Waals surface area (Å²) in [5, 5.41) is 25.0. The van der Waals surface area contributed by atoms with E-state index in [2.05, 4.69) is 34.9 Å². The Hall–Kier alpha value is -4.77. The van der Waals surface area contributed by atoms with Crippen molar-refractivity contribution in [3.05, 3.63) is 119 Å². The van der Waals surface area contributed by atoms with Crippen molar-refractivity contribution in [1.29, 1.82) is 0 Å². The van der Waals surface area contributed by atoms with Crippen LogP contribution in [0.1, 0.15) is 22.3 Å². The van der Waals surface area contributed by atoms with Crippen LogP contribution in [0.25, 0.3) is 22.3 Å². The number of rotatable bonds is 10. The molecule has 0 aliphatic carbocycles. The summed E-state index contributed by atoms with van der Waals surface area (Å²) in [5.41, 5.74) is 7.50. The standard InChI is InChI=1S/C21H21FN5O6P.C21H20FN5O3.2Na/c1-25-20(8-23-24-25)26-9-14-3-2-13(6-15(14)10-26)18-5-4-16(7-19(18)22)27-11-17(33-21(27)28)12-32-34(29,30)31;1-25-20(8-23-24-25)26-9-14-3-2-13(6-15(14)10-26)18-5-4-16(7-19(18)22)27-11-17(12-28)30-21(27)29;;/h2-8,17H,9-12H2,1H3,(H2,29,30,31);2-8,17,28H,9-12H2,1H3;;/q;;2*+1/p-2/t2*17-;;/m11../s1. The molecule has 0 bridgehead atoms. The van der Waals surface area contributed by atoms with Gasteiger partial charge in [0.05, 0.1) is 57.9 Å². The molecule has 10 rings (SSSR count). The summed E-state index contributed by atoms with van der Waals surface area (Å²) in [7, 11) is -1.51. The van der Waals surface area contributed by atoms with Crippen LogP contribution in [0, 0.1) is 11.6 Å². The molecule has 0 spiro atoms. The molecule has 4 aliphatic rings. The second kappa shape index (κ2) is 20.2. The molecule has 2 atom stereocenters. The minimum atomic E-state index is -5.19. The molecule has 24 heteroatoms. The first-order valence-electron chi connectivity index (χ1n) is 20.0. The first kappa shape index (κ1) is 49.1. The Morgan fingerprint density at radius 2 is 1.12 bits per heavy atom. The summed E-state index contributed by atoms with van der Waals surface area (Å²) in [6, 6.07) is 20.8. The number of nitrogens with zero attached hydrogens (tertiary/aromatic N) is 10. The molecule has 6 heterocycles. The molecule has 332 valence electrons. The van der Waals surface area contributed by atoms with Crippen molar-refractivity contribution in [1.82, 2.24) is 30.0 Å². The van der Waals surface area contributed by atoms with E-state index < -0.39 is 50.5 Å². The number of benzene rings is 4. The number of fused-ring (bicyclic) bond motifs is 2. The molecule has 0 saturated carbocycles. The molecule has 1 N–H and O–H groups in total. The number of cyclic esters (lactones) is 2. The van der Waals surface area contributed by atoms with Gasteiger partial charge in [0.15, 0.2) is 0 Å². The van der Waals surface area contributed by atoms with E-state index in [1.54, 1.807) is 46.0 Å².